The quantitative estimate of drug-likeness (QED) is 0.644. The molecule has 1 aliphatic heterocycles. The van der Waals surface area contributed by atoms with E-state index in [1.807, 2.05) is 0 Å². The second-order valence-electron chi connectivity index (χ2n) is 4.26. The fourth-order valence-corrected chi connectivity index (χ4v) is 2.15. The van der Waals surface area contributed by atoms with E-state index in [9.17, 15) is 0 Å². The zero-order chi connectivity index (χ0) is 9.15. The molecule has 70 valence electrons. The monoisotopic (exact) mass is 175 g/mol. The van der Waals surface area contributed by atoms with Gasteiger partial charge >= 0.3 is 0 Å². The number of allylic oxidation sites excluding steroid dienone is 6. The molecule has 0 aromatic rings. The van der Waals surface area contributed by atoms with Crippen LogP contribution in [0.1, 0.15) is 13.3 Å². The SMILES string of the molecule is CC1(C2C=CC=CC=C2)CCNC1. The molecule has 0 spiro atoms. The second-order valence-corrected chi connectivity index (χ2v) is 4.26. The van der Waals surface area contributed by atoms with Gasteiger partial charge in [0, 0.05) is 12.5 Å². The zero-order valence-electron chi connectivity index (χ0n) is 8.16. The molecule has 13 heavy (non-hydrogen) atoms. The molecular weight excluding hydrogens is 158 g/mol. The van der Waals surface area contributed by atoms with Crippen LogP contribution in [-0.4, -0.2) is 13.1 Å². The highest BCUT2D eigenvalue weighted by Gasteiger charge is 2.33. The second kappa shape index (κ2) is 3.51. The van der Waals surface area contributed by atoms with Crippen molar-refractivity contribution in [3.05, 3.63) is 36.5 Å². The molecule has 1 heterocycles. The maximum Gasteiger partial charge on any atom is 0.00192 e. The highest BCUT2D eigenvalue weighted by molar-refractivity contribution is 5.22. The van der Waals surface area contributed by atoms with Crippen molar-refractivity contribution < 1.29 is 0 Å². The third-order valence-corrected chi connectivity index (χ3v) is 3.18. The first-order valence-corrected chi connectivity index (χ1v) is 5.04. The highest BCUT2D eigenvalue weighted by Crippen LogP contribution is 2.36. The summed E-state index contributed by atoms with van der Waals surface area (Å²) in [6.07, 6.45) is 14.4. The van der Waals surface area contributed by atoms with Crippen LogP contribution in [0.4, 0.5) is 0 Å². The van der Waals surface area contributed by atoms with Gasteiger partial charge in [0.05, 0.1) is 0 Å². The van der Waals surface area contributed by atoms with Crippen molar-refractivity contribution in [3.63, 3.8) is 0 Å². The van der Waals surface area contributed by atoms with Crippen LogP contribution in [0.15, 0.2) is 36.5 Å². The van der Waals surface area contributed by atoms with E-state index >= 15 is 0 Å². The topological polar surface area (TPSA) is 12.0 Å². The van der Waals surface area contributed by atoms with Crippen molar-refractivity contribution in [1.82, 2.24) is 5.32 Å². The van der Waals surface area contributed by atoms with Gasteiger partial charge in [-0.25, -0.2) is 0 Å². The standard InChI is InChI=1S/C12H17N/c1-12(8-9-13-10-12)11-6-4-2-3-5-7-11/h2-7,11,13H,8-10H2,1H3. The minimum Gasteiger partial charge on any atom is -0.316 e. The smallest absolute Gasteiger partial charge is 0.00192 e. The van der Waals surface area contributed by atoms with Gasteiger partial charge < -0.3 is 5.32 Å². The summed E-state index contributed by atoms with van der Waals surface area (Å²) in [7, 11) is 0. The lowest BCUT2D eigenvalue weighted by Crippen LogP contribution is -2.27. The van der Waals surface area contributed by atoms with Gasteiger partial charge in [0.1, 0.15) is 0 Å². The lowest BCUT2D eigenvalue weighted by atomic mass is 9.76. The van der Waals surface area contributed by atoms with E-state index in [0.29, 0.717) is 11.3 Å². The Morgan fingerprint density at radius 3 is 2.38 bits per heavy atom. The van der Waals surface area contributed by atoms with Crippen molar-refractivity contribution >= 4 is 0 Å². The van der Waals surface area contributed by atoms with Crippen LogP contribution in [0.25, 0.3) is 0 Å². The largest absolute Gasteiger partial charge is 0.316 e. The molecule has 1 heteroatoms. The third kappa shape index (κ3) is 1.75. The van der Waals surface area contributed by atoms with Crippen molar-refractivity contribution in [1.29, 1.82) is 0 Å². The van der Waals surface area contributed by atoms with Gasteiger partial charge in [0.2, 0.25) is 0 Å². The molecule has 1 fully saturated rings. The van der Waals surface area contributed by atoms with Gasteiger partial charge in [0.15, 0.2) is 0 Å². The molecular formula is C12H17N. The number of rotatable bonds is 1. The van der Waals surface area contributed by atoms with Crippen LogP contribution in [0.2, 0.25) is 0 Å². The summed E-state index contributed by atoms with van der Waals surface area (Å²) in [6.45, 7) is 4.69. The summed E-state index contributed by atoms with van der Waals surface area (Å²) in [4.78, 5) is 0. The molecule has 0 bridgehead atoms. The molecule has 0 amide bonds. The van der Waals surface area contributed by atoms with E-state index in [1.54, 1.807) is 0 Å². The number of nitrogens with one attached hydrogen (secondary N) is 1. The van der Waals surface area contributed by atoms with Gasteiger partial charge in [-0.05, 0) is 18.4 Å². The average Bonchev–Trinajstić information content (AvgIpc) is 2.44. The first kappa shape index (κ1) is 8.76. The van der Waals surface area contributed by atoms with Crippen molar-refractivity contribution in [2.75, 3.05) is 13.1 Å². The Labute approximate surface area is 80.2 Å². The van der Waals surface area contributed by atoms with E-state index in [1.165, 1.54) is 13.0 Å². The Bertz CT molecular complexity index is 238. The molecule has 0 aromatic carbocycles. The van der Waals surface area contributed by atoms with Gasteiger partial charge in [-0.3, -0.25) is 0 Å². The molecule has 0 aromatic heterocycles. The summed E-state index contributed by atoms with van der Waals surface area (Å²) in [5.41, 5.74) is 0.430. The van der Waals surface area contributed by atoms with Crippen LogP contribution in [0.3, 0.4) is 0 Å². The minimum atomic E-state index is 0.430. The molecule has 0 radical (unpaired) electrons. The predicted octanol–water partition coefficient (Wildman–Crippen LogP) is 2.28. The molecule has 0 saturated carbocycles. The number of hydrogen-bond donors (Lipinski definition) is 1. The fraction of sp³-hybridized carbons (Fsp3) is 0.500. The van der Waals surface area contributed by atoms with Crippen molar-refractivity contribution in [2.24, 2.45) is 11.3 Å². The Morgan fingerprint density at radius 1 is 1.15 bits per heavy atom. The molecule has 1 N–H and O–H groups in total. The summed E-state index contributed by atoms with van der Waals surface area (Å²) < 4.78 is 0. The molecule has 1 aliphatic carbocycles. The molecule has 2 rings (SSSR count). The third-order valence-electron chi connectivity index (χ3n) is 3.18. The van der Waals surface area contributed by atoms with E-state index < -0.39 is 0 Å². The average molecular weight is 175 g/mol. The van der Waals surface area contributed by atoms with Crippen LogP contribution >= 0.6 is 0 Å². The van der Waals surface area contributed by atoms with Crippen molar-refractivity contribution in [2.45, 2.75) is 13.3 Å². The van der Waals surface area contributed by atoms with E-state index in [-0.39, 0.29) is 0 Å². The van der Waals surface area contributed by atoms with Gasteiger partial charge in [-0.2, -0.15) is 0 Å². The molecule has 2 aliphatic rings. The summed E-state index contributed by atoms with van der Waals surface area (Å²) in [6, 6.07) is 0. The van der Waals surface area contributed by atoms with Gasteiger partial charge in [-0.1, -0.05) is 43.4 Å². The Balaban J connectivity index is 2.15. The Morgan fingerprint density at radius 2 is 1.85 bits per heavy atom. The maximum atomic E-state index is 3.44. The van der Waals surface area contributed by atoms with Gasteiger partial charge in [0.25, 0.3) is 0 Å². The highest BCUT2D eigenvalue weighted by atomic mass is 14.9. The summed E-state index contributed by atoms with van der Waals surface area (Å²) >= 11 is 0. The van der Waals surface area contributed by atoms with Crippen LogP contribution < -0.4 is 5.32 Å². The first-order valence-electron chi connectivity index (χ1n) is 5.04. The Kier molecular flexibility index (Phi) is 2.36. The Hall–Kier alpha value is -0.820. The van der Waals surface area contributed by atoms with E-state index in [0.717, 1.165) is 6.54 Å². The first-order chi connectivity index (χ1) is 6.31. The molecule has 1 unspecified atom stereocenters. The fourth-order valence-electron chi connectivity index (χ4n) is 2.15. The number of hydrogen-bond acceptors (Lipinski definition) is 1. The molecule has 1 atom stereocenters. The zero-order valence-corrected chi connectivity index (χ0v) is 8.16. The summed E-state index contributed by atoms with van der Waals surface area (Å²) in [5, 5.41) is 3.44. The lowest BCUT2D eigenvalue weighted by molar-refractivity contribution is 0.303. The molecule has 1 nitrogen and oxygen atoms in total. The van der Waals surface area contributed by atoms with E-state index in [2.05, 4.69) is 48.7 Å². The van der Waals surface area contributed by atoms with Crippen LogP contribution in [0.5, 0.6) is 0 Å². The lowest BCUT2D eigenvalue weighted by Gasteiger charge is -2.28. The molecule has 1 saturated heterocycles. The van der Waals surface area contributed by atoms with E-state index in [4.69, 9.17) is 0 Å². The normalized spacial score (nSPS) is 33.9. The summed E-state index contributed by atoms with van der Waals surface area (Å²) in [5.74, 6) is 0.595. The predicted molar refractivity (Wildman–Crippen MR) is 56.5 cm³/mol. The minimum absolute atomic E-state index is 0.430. The van der Waals surface area contributed by atoms with Gasteiger partial charge in [-0.15, -0.1) is 0 Å². The maximum absolute atomic E-state index is 3.44. The van der Waals surface area contributed by atoms with Crippen LogP contribution in [-0.2, 0) is 0 Å². The van der Waals surface area contributed by atoms with Crippen LogP contribution in [0, 0.1) is 11.3 Å². The van der Waals surface area contributed by atoms with Crippen molar-refractivity contribution in [3.8, 4) is 0 Å².